The van der Waals surface area contributed by atoms with Crippen LogP contribution in [0.25, 0.3) is 0 Å². The molecule has 1 aliphatic heterocycles. The van der Waals surface area contributed by atoms with Gasteiger partial charge in [-0.05, 0) is 96.6 Å². The van der Waals surface area contributed by atoms with Crippen LogP contribution in [0.5, 0.6) is 0 Å². The number of esters is 2. The van der Waals surface area contributed by atoms with Gasteiger partial charge in [0.2, 0.25) is 0 Å². The molecule has 56 heavy (non-hydrogen) atoms. The zero-order valence-corrected chi connectivity index (χ0v) is 38.1. The van der Waals surface area contributed by atoms with E-state index in [2.05, 4.69) is 39.2 Å². The predicted molar refractivity (Wildman–Crippen MR) is 241 cm³/mol. The number of rotatable bonds is 38. The van der Waals surface area contributed by atoms with Crippen LogP contribution in [0.2, 0.25) is 0 Å². The number of nitrogens with zero attached hydrogens (tertiary/aromatic N) is 2. The molecule has 0 bridgehead atoms. The molecule has 8 heteroatoms. The van der Waals surface area contributed by atoms with Crippen molar-refractivity contribution in [2.24, 2.45) is 0 Å². The maximum Gasteiger partial charge on any atom is 0.306 e. The summed E-state index contributed by atoms with van der Waals surface area (Å²) in [6.45, 7) is 16.9. The van der Waals surface area contributed by atoms with E-state index in [1.807, 2.05) is 11.0 Å². The first-order valence-corrected chi connectivity index (χ1v) is 24.9. The van der Waals surface area contributed by atoms with Gasteiger partial charge in [0.15, 0.2) is 0 Å². The van der Waals surface area contributed by atoms with Crippen LogP contribution >= 0.6 is 11.8 Å². The van der Waals surface area contributed by atoms with Gasteiger partial charge in [0.25, 0.3) is 5.24 Å². The monoisotopic (exact) mass is 807 g/mol. The highest BCUT2D eigenvalue weighted by Crippen LogP contribution is 2.27. The Labute approximate surface area is 351 Å². The fraction of sp³-hybridized carbons (Fsp3) is 0.896. The highest BCUT2D eigenvalue weighted by atomic mass is 32.2. The van der Waals surface area contributed by atoms with E-state index in [1.54, 1.807) is 0 Å². The minimum absolute atomic E-state index is 0.00101. The molecule has 0 spiro atoms. The highest BCUT2D eigenvalue weighted by molar-refractivity contribution is 8.14. The van der Waals surface area contributed by atoms with E-state index in [-0.39, 0.29) is 29.4 Å². The lowest BCUT2D eigenvalue weighted by Crippen LogP contribution is -2.37. The number of carbonyl (C=O) groups excluding carboxylic acids is 3. The van der Waals surface area contributed by atoms with Gasteiger partial charge in [-0.3, -0.25) is 14.4 Å². The van der Waals surface area contributed by atoms with E-state index in [1.165, 1.54) is 114 Å². The van der Waals surface area contributed by atoms with E-state index in [0.29, 0.717) is 44.0 Å². The topological polar surface area (TPSA) is 76.2 Å². The quantitative estimate of drug-likeness (QED) is 0.0349. The van der Waals surface area contributed by atoms with Crippen LogP contribution in [0, 0.1) is 0 Å². The second-order valence-corrected chi connectivity index (χ2v) is 18.0. The maximum atomic E-state index is 13.8. The van der Waals surface area contributed by atoms with Crippen molar-refractivity contribution < 1.29 is 23.9 Å². The lowest BCUT2D eigenvalue weighted by Gasteiger charge is -2.32. The average Bonchev–Trinajstić information content (AvgIpc) is 3.19. The average molecular weight is 807 g/mol. The van der Waals surface area contributed by atoms with Gasteiger partial charge >= 0.3 is 11.9 Å². The second kappa shape index (κ2) is 37.7. The molecule has 0 aromatic heterocycles. The zero-order valence-electron chi connectivity index (χ0n) is 37.3. The smallest absolute Gasteiger partial charge is 0.306 e. The summed E-state index contributed by atoms with van der Waals surface area (Å²) in [5.41, 5.74) is 0. The molecule has 0 aliphatic carbocycles. The van der Waals surface area contributed by atoms with Crippen molar-refractivity contribution in [2.75, 3.05) is 32.7 Å². The van der Waals surface area contributed by atoms with Gasteiger partial charge in [-0.15, -0.1) is 6.58 Å². The highest BCUT2D eigenvalue weighted by Gasteiger charge is 2.25. The fourth-order valence-corrected chi connectivity index (χ4v) is 8.84. The Morgan fingerprint density at radius 2 is 0.982 bits per heavy atom. The first-order chi connectivity index (χ1) is 27.4. The van der Waals surface area contributed by atoms with E-state index in [0.717, 1.165) is 90.3 Å². The standard InChI is InChI=1S/C48H90N2O5S/c1-6-11-16-20-24-30-43(31-25-21-17-12-7-2)54-46(51)34-28-39-50(48(53)56-45-36-41-49(42-37-45)38-15-10-5)40-29-35-47(52)55-44(32-26-22-18-13-8-3)33-27-23-19-14-9-4/h10,43-45H,5-9,11-42H2,1-4H3. The molecule has 1 saturated heterocycles. The molecule has 0 aromatic rings. The number of hydrogen-bond acceptors (Lipinski definition) is 7. The summed E-state index contributed by atoms with van der Waals surface area (Å²) in [6.07, 6.45) is 34.8. The molecular formula is C48H90N2O5S. The van der Waals surface area contributed by atoms with Gasteiger partial charge in [0.1, 0.15) is 12.2 Å². The van der Waals surface area contributed by atoms with Gasteiger partial charge in [-0.1, -0.05) is 148 Å². The van der Waals surface area contributed by atoms with Crippen molar-refractivity contribution in [3.63, 3.8) is 0 Å². The van der Waals surface area contributed by atoms with E-state index < -0.39 is 0 Å². The van der Waals surface area contributed by atoms with Gasteiger partial charge in [-0.25, -0.2) is 0 Å². The SMILES string of the molecule is C=CCCN1CCC(SC(=O)N(CCCC(=O)OC(CCCCCCC)CCCCCCC)CCCC(=O)OC(CCCCCCC)CCCCCCC)CC1. The lowest BCUT2D eigenvalue weighted by atomic mass is 10.0. The zero-order chi connectivity index (χ0) is 40.9. The molecular weight excluding hydrogens is 717 g/mol. The number of carbonyl (C=O) groups is 3. The lowest BCUT2D eigenvalue weighted by molar-refractivity contribution is -0.150. The van der Waals surface area contributed by atoms with Crippen LogP contribution in [0.15, 0.2) is 12.7 Å². The molecule has 328 valence electrons. The number of amides is 1. The van der Waals surface area contributed by atoms with Crippen LogP contribution in [-0.4, -0.2) is 77.2 Å². The summed E-state index contributed by atoms with van der Waals surface area (Å²) < 4.78 is 12.2. The molecule has 0 radical (unpaired) electrons. The molecule has 0 N–H and O–H groups in total. The van der Waals surface area contributed by atoms with Crippen molar-refractivity contribution in [1.82, 2.24) is 9.80 Å². The number of ether oxygens (including phenoxy) is 2. The van der Waals surface area contributed by atoms with Gasteiger partial charge in [0, 0.05) is 37.7 Å². The number of unbranched alkanes of at least 4 members (excludes halogenated alkanes) is 16. The fourth-order valence-electron chi connectivity index (χ4n) is 7.78. The van der Waals surface area contributed by atoms with E-state index >= 15 is 0 Å². The van der Waals surface area contributed by atoms with Crippen molar-refractivity contribution in [3.05, 3.63) is 12.7 Å². The summed E-state index contributed by atoms with van der Waals surface area (Å²) in [7, 11) is 0. The molecule has 1 amide bonds. The summed E-state index contributed by atoms with van der Waals surface area (Å²) >= 11 is 1.46. The van der Waals surface area contributed by atoms with Crippen molar-refractivity contribution in [1.29, 1.82) is 0 Å². The molecule has 0 atom stereocenters. The van der Waals surface area contributed by atoms with Crippen LogP contribution in [0.4, 0.5) is 4.79 Å². The summed E-state index contributed by atoms with van der Waals surface area (Å²) in [5, 5.41) is 0.371. The minimum atomic E-state index is -0.136. The summed E-state index contributed by atoms with van der Waals surface area (Å²) in [4.78, 5) is 44.4. The Morgan fingerprint density at radius 3 is 1.34 bits per heavy atom. The summed E-state index contributed by atoms with van der Waals surface area (Å²) in [6, 6.07) is 0. The Bertz CT molecular complexity index is 876. The number of piperidine rings is 1. The largest absolute Gasteiger partial charge is 0.462 e. The first-order valence-electron chi connectivity index (χ1n) is 24.0. The van der Waals surface area contributed by atoms with Crippen LogP contribution in [-0.2, 0) is 19.1 Å². The third-order valence-corrected chi connectivity index (χ3v) is 12.7. The van der Waals surface area contributed by atoms with Gasteiger partial charge in [0.05, 0.1) is 0 Å². The maximum absolute atomic E-state index is 13.8. The Balaban J connectivity index is 2.77. The van der Waals surface area contributed by atoms with Crippen molar-refractivity contribution >= 4 is 28.9 Å². The number of hydrogen-bond donors (Lipinski definition) is 0. The third kappa shape index (κ3) is 29.6. The summed E-state index contributed by atoms with van der Waals surface area (Å²) in [5.74, 6) is -0.272. The molecule has 0 saturated carbocycles. The number of likely N-dealkylation sites (tertiary alicyclic amines) is 1. The van der Waals surface area contributed by atoms with Gasteiger partial charge in [-0.2, -0.15) is 0 Å². The normalized spacial score (nSPS) is 13.8. The Morgan fingerprint density at radius 1 is 0.607 bits per heavy atom. The number of thioether (sulfide) groups is 1. The molecule has 1 aliphatic rings. The molecule has 1 fully saturated rings. The second-order valence-electron chi connectivity index (χ2n) is 16.7. The Hall–Kier alpha value is -1.54. The molecule has 1 heterocycles. The Kier molecular flexibility index (Phi) is 35.3. The third-order valence-electron chi connectivity index (χ3n) is 11.4. The van der Waals surface area contributed by atoms with Crippen LogP contribution in [0.3, 0.4) is 0 Å². The molecule has 0 aromatic carbocycles. The first kappa shape index (κ1) is 52.5. The van der Waals surface area contributed by atoms with Crippen LogP contribution < -0.4 is 0 Å². The minimum Gasteiger partial charge on any atom is -0.462 e. The molecule has 1 rings (SSSR count). The predicted octanol–water partition coefficient (Wildman–Crippen LogP) is 14.0. The van der Waals surface area contributed by atoms with E-state index in [4.69, 9.17) is 9.47 Å². The molecule has 0 unspecified atom stereocenters. The molecule has 7 nitrogen and oxygen atoms in total. The van der Waals surface area contributed by atoms with Crippen molar-refractivity contribution in [2.45, 2.75) is 244 Å². The van der Waals surface area contributed by atoms with Gasteiger partial charge < -0.3 is 19.3 Å². The van der Waals surface area contributed by atoms with E-state index in [9.17, 15) is 14.4 Å². The van der Waals surface area contributed by atoms with Crippen LogP contribution in [0.1, 0.15) is 227 Å². The van der Waals surface area contributed by atoms with Crippen molar-refractivity contribution in [3.8, 4) is 0 Å².